The molecule has 2 heterocycles. The van der Waals surface area contributed by atoms with Gasteiger partial charge < -0.3 is 9.47 Å². The summed E-state index contributed by atoms with van der Waals surface area (Å²) in [6.07, 6.45) is 13.1. The van der Waals surface area contributed by atoms with Crippen LogP contribution in [0, 0.1) is 30.0 Å². The zero-order valence-electron chi connectivity index (χ0n) is 24.0. The molecule has 5 nitrogen and oxygen atoms in total. The summed E-state index contributed by atoms with van der Waals surface area (Å²) >= 11 is 0. The average molecular weight is 531 g/mol. The molecule has 2 aromatic rings. The van der Waals surface area contributed by atoms with Crippen LogP contribution >= 0.6 is 0 Å². The lowest BCUT2D eigenvalue weighted by Gasteiger charge is -2.44. The number of halogens is 1. The SMILES string of the molecule is Cc1nc2c(n1[C@H]1CC(=NCCC3(c4ccc(F)cc4)CCN(C(=O)C(C)(C)C)CC3)C3C[C@H]3C1)=CCCC=2. The molecule has 1 aromatic carbocycles. The second-order valence-corrected chi connectivity index (χ2v) is 13.4. The molecule has 3 aliphatic carbocycles. The van der Waals surface area contributed by atoms with Crippen molar-refractivity contribution in [1.29, 1.82) is 0 Å². The van der Waals surface area contributed by atoms with Crippen molar-refractivity contribution in [3.63, 3.8) is 0 Å². The summed E-state index contributed by atoms with van der Waals surface area (Å²) in [5.41, 5.74) is 2.13. The highest BCUT2D eigenvalue weighted by Crippen LogP contribution is 2.51. The van der Waals surface area contributed by atoms with E-state index in [-0.39, 0.29) is 22.6 Å². The lowest BCUT2D eigenvalue weighted by atomic mass is 9.70. The molecule has 1 aromatic heterocycles. The van der Waals surface area contributed by atoms with Crippen LogP contribution in [-0.4, -0.2) is 45.7 Å². The van der Waals surface area contributed by atoms with Crippen molar-refractivity contribution in [2.24, 2.45) is 22.2 Å². The Kier molecular flexibility index (Phi) is 6.79. The van der Waals surface area contributed by atoms with Gasteiger partial charge in [0.1, 0.15) is 11.6 Å². The topological polar surface area (TPSA) is 50.5 Å². The number of carbonyl (C=O) groups excluding carboxylic acids is 1. The maximum absolute atomic E-state index is 13.8. The highest BCUT2D eigenvalue weighted by atomic mass is 19.1. The summed E-state index contributed by atoms with van der Waals surface area (Å²) in [5, 5.41) is 2.47. The molecule has 208 valence electrons. The van der Waals surface area contributed by atoms with Crippen molar-refractivity contribution in [3.8, 4) is 0 Å². The van der Waals surface area contributed by atoms with Gasteiger partial charge in [-0.05, 0) is 75.5 Å². The minimum atomic E-state index is -0.372. The van der Waals surface area contributed by atoms with Crippen molar-refractivity contribution >= 4 is 23.8 Å². The standard InChI is InChI=1S/C33H43FN4O/c1-22-36-28-7-5-6-8-30(28)38(22)26-19-23-20-27(23)29(21-26)35-16-13-33(24-9-11-25(34)12-10-24)14-17-37(18-15-33)31(39)32(2,3)4/h7-12,23,26-27H,5-6,13-21H2,1-4H3/t23-,26-,27?/m1/s1. The first-order chi connectivity index (χ1) is 18.6. The van der Waals surface area contributed by atoms with Gasteiger partial charge in [0, 0.05) is 54.6 Å². The van der Waals surface area contributed by atoms with Crippen LogP contribution in [0.1, 0.15) is 89.6 Å². The number of rotatable bonds is 5. The Bertz CT molecular complexity index is 1390. The van der Waals surface area contributed by atoms with Gasteiger partial charge in [0.05, 0.1) is 10.7 Å². The van der Waals surface area contributed by atoms with Crippen LogP contribution in [0.3, 0.4) is 0 Å². The lowest BCUT2D eigenvalue weighted by Crippen LogP contribution is -2.48. The van der Waals surface area contributed by atoms with Crippen molar-refractivity contribution in [1.82, 2.24) is 14.5 Å². The number of piperidine rings is 1. The Labute approximate surface area is 231 Å². The molecule has 39 heavy (non-hydrogen) atoms. The molecule has 0 spiro atoms. The Morgan fingerprint density at radius 2 is 1.82 bits per heavy atom. The maximum atomic E-state index is 13.8. The molecule has 0 radical (unpaired) electrons. The van der Waals surface area contributed by atoms with E-state index in [0.29, 0.717) is 12.0 Å². The molecule has 6 rings (SSSR count). The van der Waals surface area contributed by atoms with E-state index >= 15 is 0 Å². The molecule has 4 aliphatic rings. The van der Waals surface area contributed by atoms with E-state index in [0.717, 1.165) is 75.3 Å². The van der Waals surface area contributed by atoms with Gasteiger partial charge in [0.2, 0.25) is 5.91 Å². The molecule has 3 fully saturated rings. The van der Waals surface area contributed by atoms with Crippen LogP contribution in [0.2, 0.25) is 0 Å². The third kappa shape index (κ3) is 5.12. The van der Waals surface area contributed by atoms with Crippen molar-refractivity contribution < 1.29 is 9.18 Å². The largest absolute Gasteiger partial charge is 0.342 e. The first-order valence-electron chi connectivity index (χ1n) is 15.0. The predicted octanol–water partition coefficient (Wildman–Crippen LogP) is 5.09. The van der Waals surface area contributed by atoms with Crippen LogP contribution < -0.4 is 10.7 Å². The number of aromatic nitrogens is 2. The van der Waals surface area contributed by atoms with Gasteiger partial charge in [-0.1, -0.05) is 45.1 Å². The van der Waals surface area contributed by atoms with Gasteiger partial charge in [0.25, 0.3) is 0 Å². The number of imidazole rings is 1. The molecule has 6 heteroatoms. The molecule has 1 saturated heterocycles. The van der Waals surface area contributed by atoms with Crippen molar-refractivity contribution in [3.05, 3.63) is 52.2 Å². The summed E-state index contributed by atoms with van der Waals surface area (Å²) in [5.74, 6) is 2.56. The minimum Gasteiger partial charge on any atom is -0.342 e. The number of nitrogens with zero attached hydrogens (tertiary/aromatic N) is 4. The number of hydrogen-bond acceptors (Lipinski definition) is 3. The number of benzene rings is 1. The fourth-order valence-corrected chi connectivity index (χ4v) is 7.47. The van der Waals surface area contributed by atoms with E-state index in [1.807, 2.05) is 37.8 Å². The molecular weight excluding hydrogens is 487 g/mol. The molecule has 1 aliphatic heterocycles. The Morgan fingerprint density at radius 1 is 1.10 bits per heavy atom. The number of fused-ring (bicyclic) bond motifs is 2. The van der Waals surface area contributed by atoms with E-state index in [1.54, 1.807) is 12.1 Å². The van der Waals surface area contributed by atoms with E-state index in [1.165, 1.54) is 29.5 Å². The highest BCUT2D eigenvalue weighted by molar-refractivity contribution is 5.90. The van der Waals surface area contributed by atoms with Crippen LogP contribution in [-0.2, 0) is 10.2 Å². The van der Waals surface area contributed by atoms with Gasteiger partial charge >= 0.3 is 0 Å². The van der Waals surface area contributed by atoms with Crippen LogP contribution in [0.25, 0.3) is 12.2 Å². The molecular formula is C33H43FN4O. The smallest absolute Gasteiger partial charge is 0.227 e. The number of amides is 1. The number of carbonyl (C=O) groups is 1. The monoisotopic (exact) mass is 530 g/mol. The quantitative estimate of drug-likeness (QED) is 0.541. The Balaban J connectivity index is 1.20. The van der Waals surface area contributed by atoms with Crippen molar-refractivity contribution in [2.75, 3.05) is 19.6 Å². The summed E-state index contributed by atoms with van der Waals surface area (Å²) in [6.45, 7) is 10.4. The summed E-state index contributed by atoms with van der Waals surface area (Å²) in [4.78, 5) is 25.2. The molecule has 1 unspecified atom stereocenters. The predicted molar refractivity (Wildman–Crippen MR) is 155 cm³/mol. The second-order valence-electron chi connectivity index (χ2n) is 13.4. The minimum absolute atomic E-state index is 0.0752. The average Bonchev–Trinajstić information content (AvgIpc) is 3.62. The molecule has 2 saturated carbocycles. The number of aryl methyl sites for hydroxylation is 1. The molecule has 0 bridgehead atoms. The van der Waals surface area contributed by atoms with Gasteiger partial charge in [0.15, 0.2) is 0 Å². The fourth-order valence-electron chi connectivity index (χ4n) is 7.47. The van der Waals surface area contributed by atoms with Gasteiger partial charge in [-0.3, -0.25) is 9.79 Å². The van der Waals surface area contributed by atoms with Crippen molar-refractivity contribution in [2.45, 2.75) is 90.5 Å². The van der Waals surface area contributed by atoms with Gasteiger partial charge in [-0.2, -0.15) is 0 Å². The first-order valence-corrected chi connectivity index (χ1v) is 15.0. The zero-order chi connectivity index (χ0) is 27.4. The number of aliphatic imine (C=N–C) groups is 1. The third-order valence-electron chi connectivity index (χ3n) is 9.74. The summed E-state index contributed by atoms with van der Waals surface area (Å²) in [7, 11) is 0. The van der Waals surface area contributed by atoms with E-state index in [2.05, 4.69) is 23.6 Å². The molecule has 1 amide bonds. The number of likely N-dealkylation sites (tertiary alicyclic amines) is 1. The van der Waals surface area contributed by atoms with E-state index < -0.39 is 0 Å². The zero-order valence-corrected chi connectivity index (χ0v) is 24.0. The van der Waals surface area contributed by atoms with Crippen LogP contribution in [0.15, 0.2) is 29.3 Å². The third-order valence-corrected chi connectivity index (χ3v) is 9.74. The normalized spacial score (nSPS) is 26.8. The molecule has 3 atom stereocenters. The molecule has 0 N–H and O–H groups in total. The Morgan fingerprint density at radius 3 is 2.54 bits per heavy atom. The fraction of sp³-hybridized carbons (Fsp3) is 0.606. The second kappa shape index (κ2) is 10.0. The first kappa shape index (κ1) is 26.5. The summed E-state index contributed by atoms with van der Waals surface area (Å²) in [6, 6.07) is 7.52. The Hall–Kier alpha value is -2.76. The van der Waals surface area contributed by atoms with Gasteiger partial charge in [-0.25, -0.2) is 9.37 Å². The van der Waals surface area contributed by atoms with Gasteiger partial charge in [-0.15, -0.1) is 0 Å². The number of hydrogen-bond donors (Lipinski definition) is 0. The van der Waals surface area contributed by atoms with Crippen LogP contribution in [0.4, 0.5) is 4.39 Å². The summed E-state index contributed by atoms with van der Waals surface area (Å²) < 4.78 is 16.3. The van der Waals surface area contributed by atoms with E-state index in [9.17, 15) is 9.18 Å². The van der Waals surface area contributed by atoms with E-state index in [4.69, 9.17) is 9.98 Å². The highest BCUT2D eigenvalue weighted by Gasteiger charge is 2.47. The van der Waals surface area contributed by atoms with Crippen LogP contribution in [0.5, 0.6) is 0 Å². The maximum Gasteiger partial charge on any atom is 0.227 e. The lowest BCUT2D eigenvalue weighted by molar-refractivity contribution is -0.141.